The number of piperidine rings is 1. The van der Waals surface area contributed by atoms with Crippen LogP contribution in [0.2, 0.25) is 0 Å². The van der Waals surface area contributed by atoms with E-state index >= 15 is 0 Å². The Labute approximate surface area is 192 Å². The van der Waals surface area contributed by atoms with Crippen molar-refractivity contribution in [1.29, 1.82) is 0 Å². The number of hydrogen-bond donors (Lipinski definition) is 2. The topological polar surface area (TPSA) is 114 Å². The first-order valence-electron chi connectivity index (χ1n) is 11.3. The molecule has 2 aromatic carbocycles. The SMILES string of the molecule is O=C(NCC1CCCO1)c1ccccc1NC(=O)C1CCN(c2ccccc2[N+](=O)[O-])CC1. The van der Waals surface area contributed by atoms with Crippen molar-refractivity contribution in [1.82, 2.24) is 5.32 Å². The Balaban J connectivity index is 1.35. The van der Waals surface area contributed by atoms with Gasteiger partial charge in [-0.25, -0.2) is 0 Å². The van der Waals surface area contributed by atoms with Crippen LogP contribution in [-0.4, -0.2) is 49.1 Å². The summed E-state index contributed by atoms with van der Waals surface area (Å²) in [6.07, 6.45) is 3.13. The molecule has 2 saturated heterocycles. The van der Waals surface area contributed by atoms with Crippen molar-refractivity contribution in [2.45, 2.75) is 31.8 Å². The quantitative estimate of drug-likeness (QED) is 0.492. The number of carbonyl (C=O) groups excluding carboxylic acids is 2. The highest BCUT2D eigenvalue weighted by Crippen LogP contribution is 2.31. The van der Waals surface area contributed by atoms with E-state index in [4.69, 9.17) is 4.74 Å². The minimum absolute atomic E-state index is 0.0429. The second-order valence-corrected chi connectivity index (χ2v) is 8.39. The van der Waals surface area contributed by atoms with Gasteiger partial charge in [0.15, 0.2) is 0 Å². The zero-order chi connectivity index (χ0) is 23.2. The highest BCUT2D eigenvalue weighted by molar-refractivity contribution is 6.04. The van der Waals surface area contributed by atoms with E-state index in [-0.39, 0.29) is 34.4 Å². The molecule has 9 nitrogen and oxygen atoms in total. The Bertz CT molecular complexity index is 1010. The summed E-state index contributed by atoms with van der Waals surface area (Å²) in [6.45, 7) is 2.27. The van der Waals surface area contributed by atoms with Gasteiger partial charge in [-0.1, -0.05) is 24.3 Å². The van der Waals surface area contributed by atoms with Crippen LogP contribution in [0, 0.1) is 16.0 Å². The van der Waals surface area contributed by atoms with Crippen molar-refractivity contribution in [3.8, 4) is 0 Å². The Hall–Kier alpha value is -3.46. The van der Waals surface area contributed by atoms with E-state index in [0.29, 0.717) is 49.4 Å². The molecule has 0 spiro atoms. The minimum atomic E-state index is -0.380. The number of anilines is 2. The van der Waals surface area contributed by atoms with Crippen LogP contribution in [0.1, 0.15) is 36.0 Å². The third-order valence-corrected chi connectivity index (χ3v) is 6.23. The number of amides is 2. The van der Waals surface area contributed by atoms with Crippen LogP contribution in [0.3, 0.4) is 0 Å². The van der Waals surface area contributed by atoms with E-state index in [1.807, 2.05) is 4.90 Å². The lowest BCUT2D eigenvalue weighted by Crippen LogP contribution is -2.38. The van der Waals surface area contributed by atoms with Crippen LogP contribution < -0.4 is 15.5 Å². The van der Waals surface area contributed by atoms with Crippen LogP contribution in [-0.2, 0) is 9.53 Å². The molecule has 2 aliphatic rings. The van der Waals surface area contributed by atoms with Crippen LogP contribution in [0.4, 0.5) is 17.1 Å². The Morgan fingerprint density at radius 3 is 2.52 bits per heavy atom. The first-order chi connectivity index (χ1) is 16.0. The van der Waals surface area contributed by atoms with Gasteiger partial charge in [-0.3, -0.25) is 19.7 Å². The first-order valence-corrected chi connectivity index (χ1v) is 11.3. The second kappa shape index (κ2) is 10.4. The fourth-order valence-corrected chi connectivity index (χ4v) is 4.40. The van der Waals surface area contributed by atoms with Gasteiger partial charge in [-0.2, -0.15) is 0 Å². The van der Waals surface area contributed by atoms with E-state index in [0.717, 1.165) is 19.4 Å². The molecule has 0 radical (unpaired) electrons. The van der Waals surface area contributed by atoms with Crippen LogP contribution in [0.5, 0.6) is 0 Å². The summed E-state index contributed by atoms with van der Waals surface area (Å²) in [5.41, 5.74) is 1.55. The molecule has 1 unspecified atom stereocenters. The van der Waals surface area contributed by atoms with Gasteiger partial charge in [0, 0.05) is 38.2 Å². The lowest BCUT2D eigenvalue weighted by molar-refractivity contribution is -0.384. The molecule has 2 aromatic rings. The highest BCUT2D eigenvalue weighted by atomic mass is 16.6. The third kappa shape index (κ3) is 5.48. The van der Waals surface area contributed by atoms with E-state index in [1.54, 1.807) is 42.5 Å². The average Bonchev–Trinajstić information content (AvgIpc) is 3.37. The fourth-order valence-electron chi connectivity index (χ4n) is 4.40. The van der Waals surface area contributed by atoms with Crippen molar-refractivity contribution in [3.63, 3.8) is 0 Å². The standard InChI is InChI=1S/C24H28N4O5/c29-23(17-11-13-27(14-12-17)21-9-3-4-10-22(21)28(31)32)26-20-8-2-1-7-19(20)24(30)25-16-18-6-5-15-33-18/h1-4,7-10,17-18H,5-6,11-16H2,(H,25,30)(H,26,29). The molecule has 2 heterocycles. The molecule has 2 amide bonds. The number of rotatable bonds is 7. The van der Waals surface area contributed by atoms with Crippen LogP contribution in [0.25, 0.3) is 0 Å². The molecular formula is C24H28N4O5. The van der Waals surface area contributed by atoms with Gasteiger partial charge in [-0.05, 0) is 43.9 Å². The largest absolute Gasteiger partial charge is 0.376 e. The predicted molar refractivity (Wildman–Crippen MR) is 124 cm³/mol. The van der Waals surface area contributed by atoms with Gasteiger partial charge in [-0.15, -0.1) is 0 Å². The minimum Gasteiger partial charge on any atom is -0.376 e. The molecule has 174 valence electrons. The molecule has 2 aliphatic heterocycles. The van der Waals surface area contributed by atoms with Gasteiger partial charge < -0.3 is 20.3 Å². The van der Waals surface area contributed by atoms with Gasteiger partial charge in [0.1, 0.15) is 5.69 Å². The molecule has 0 aromatic heterocycles. The molecule has 0 aliphatic carbocycles. The first kappa shape index (κ1) is 22.7. The monoisotopic (exact) mass is 452 g/mol. The lowest BCUT2D eigenvalue weighted by atomic mass is 9.95. The number of hydrogen-bond acceptors (Lipinski definition) is 6. The maximum atomic E-state index is 12.9. The van der Waals surface area contributed by atoms with E-state index in [1.165, 1.54) is 6.07 Å². The van der Waals surface area contributed by atoms with Gasteiger partial charge in [0.25, 0.3) is 11.6 Å². The number of nitrogens with zero attached hydrogens (tertiary/aromatic N) is 2. The molecular weight excluding hydrogens is 424 g/mol. The summed E-state index contributed by atoms with van der Waals surface area (Å²) in [5, 5.41) is 17.1. The Morgan fingerprint density at radius 1 is 1.06 bits per heavy atom. The Morgan fingerprint density at radius 2 is 1.79 bits per heavy atom. The van der Waals surface area contributed by atoms with Crippen molar-refractivity contribution in [2.75, 3.05) is 36.5 Å². The summed E-state index contributed by atoms with van der Waals surface area (Å²) in [5.74, 6) is -0.615. The summed E-state index contributed by atoms with van der Waals surface area (Å²) >= 11 is 0. The maximum Gasteiger partial charge on any atom is 0.292 e. The number of para-hydroxylation sites is 3. The zero-order valence-electron chi connectivity index (χ0n) is 18.4. The van der Waals surface area contributed by atoms with E-state index in [2.05, 4.69) is 10.6 Å². The van der Waals surface area contributed by atoms with Gasteiger partial charge >= 0.3 is 0 Å². The number of nitrogens with one attached hydrogen (secondary N) is 2. The zero-order valence-corrected chi connectivity index (χ0v) is 18.4. The predicted octanol–water partition coefficient (Wildman–Crippen LogP) is 3.36. The summed E-state index contributed by atoms with van der Waals surface area (Å²) in [4.78, 5) is 38.5. The molecule has 2 fully saturated rings. The van der Waals surface area contributed by atoms with E-state index < -0.39 is 0 Å². The molecule has 1 atom stereocenters. The highest BCUT2D eigenvalue weighted by Gasteiger charge is 2.29. The summed E-state index contributed by atoms with van der Waals surface area (Å²) in [7, 11) is 0. The van der Waals surface area contributed by atoms with Crippen molar-refractivity contribution in [3.05, 3.63) is 64.2 Å². The molecule has 0 bridgehead atoms. The van der Waals surface area contributed by atoms with Crippen LogP contribution >= 0.6 is 0 Å². The smallest absolute Gasteiger partial charge is 0.292 e. The molecule has 0 saturated carbocycles. The van der Waals surface area contributed by atoms with E-state index in [9.17, 15) is 19.7 Å². The van der Waals surface area contributed by atoms with Gasteiger partial charge in [0.2, 0.25) is 5.91 Å². The second-order valence-electron chi connectivity index (χ2n) is 8.39. The molecule has 9 heteroatoms. The number of nitro benzene ring substituents is 1. The molecule has 33 heavy (non-hydrogen) atoms. The summed E-state index contributed by atoms with van der Waals surface area (Å²) in [6, 6.07) is 13.6. The van der Waals surface area contributed by atoms with Crippen molar-refractivity contribution >= 4 is 28.9 Å². The third-order valence-electron chi connectivity index (χ3n) is 6.23. The number of benzene rings is 2. The van der Waals surface area contributed by atoms with Gasteiger partial charge in [0.05, 0.1) is 22.3 Å². The van der Waals surface area contributed by atoms with Crippen molar-refractivity contribution in [2.24, 2.45) is 5.92 Å². The molecule has 4 rings (SSSR count). The van der Waals surface area contributed by atoms with Crippen LogP contribution in [0.15, 0.2) is 48.5 Å². The number of carbonyl (C=O) groups is 2. The summed E-state index contributed by atoms with van der Waals surface area (Å²) < 4.78 is 5.55. The number of nitro groups is 1. The fraction of sp³-hybridized carbons (Fsp3) is 0.417. The molecule has 2 N–H and O–H groups in total. The maximum absolute atomic E-state index is 12.9. The lowest BCUT2D eigenvalue weighted by Gasteiger charge is -2.32. The Kier molecular flexibility index (Phi) is 7.19. The number of ether oxygens (including phenoxy) is 1. The van der Waals surface area contributed by atoms with Crippen molar-refractivity contribution < 1.29 is 19.2 Å². The average molecular weight is 453 g/mol. The normalized spacial score (nSPS) is 18.7.